The van der Waals surface area contributed by atoms with E-state index in [1.54, 1.807) is 0 Å². The predicted molar refractivity (Wildman–Crippen MR) is 33.2 cm³/mol. The lowest BCUT2D eigenvalue weighted by Crippen LogP contribution is -2.28. The third kappa shape index (κ3) is 0.528. The maximum Gasteiger partial charge on any atom is 0.0994 e. The van der Waals surface area contributed by atoms with Gasteiger partial charge in [-0.05, 0) is 25.3 Å². The van der Waals surface area contributed by atoms with E-state index in [9.17, 15) is 0 Å². The van der Waals surface area contributed by atoms with Crippen molar-refractivity contribution in [1.82, 2.24) is 5.32 Å². The van der Waals surface area contributed by atoms with Gasteiger partial charge in [0.05, 0.1) is 12.2 Å². The van der Waals surface area contributed by atoms with Crippen molar-refractivity contribution in [2.45, 2.75) is 31.1 Å². The standard InChI is InChI=1S/C7H11NO/c1-4-2-6-7(9-6)5(1)8-3-4/h4-8H,1-3H2. The number of hydrogen-bond donors (Lipinski definition) is 1. The SMILES string of the molecule is C1NC2CC1CC1OC21. The third-order valence-electron chi connectivity index (χ3n) is 2.84. The molecule has 4 atom stereocenters. The van der Waals surface area contributed by atoms with Gasteiger partial charge in [0.2, 0.25) is 0 Å². The molecule has 2 heteroatoms. The number of epoxide rings is 1. The lowest BCUT2D eigenvalue weighted by Gasteiger charge is -2.11. The normalized spacial score (nSPS) is 61.3. The van der Waals surface area contributed by atoms with Crippen LogP contribution >= 0.6 is 0 Å². The van der Waals surface area contributed by atoms with E-state index in [2.05, 4.69) is 5.32 Å². The fourth-order valence-corrected chi connectivity index (χ4v) is 2.30. The summed E-state index contributed by atoms with van der Waals surface area (Å²) in [7, 11) is 0. The van der Waals surface area contributed by atoms with Crippen LogP contribution in [0.4, 0.5) is 0 Å². The summed E-state index contributed by atoms with van der Waals surface area (Å²) in [6.07, 6.45) is 3.97. The molecule has 0 aromatic heterocycles. The molecule has 2 aliphatic heterocycles. The van der Waals surface area contributed by atoms with E-state index < -0.39 is 0 Å². The van der Waals surface area contributed by atoms with Gasteiger partial charge >= 0.3 is 0 Å². The van der Waals surface area contributed by atoms with Gasteiger partial charge in [0.1, 0.15) is 0 Å². The first-order valence-electron chi connectivity index (χ1n) is 3.82. The van der Waals surface area contributed by atoms with Gasteiger partial charge in [0, 0.05) is 6.04 Å². The van der Waals surface area contributed by atoms with Crippen molar-refractivity contribution in [2.24, 2.45) is 5.92 Å². The Labute approximate surface area is 54.6 Å². The maximum atomic E-state index is 5.45. The van der Waals surface area contributed by atoms with Crippen molar-refractivity contribution in [3.8, 4) is 0 Å². The fourth-order valence-electron chi connectivity index (χ4n) is 2.30. The quantitative estimate of drug-likeness (QED) is 0.465. The molecule has 3 aliphatic rings. The van der Waals surface area contributed by atoms with E-state index in [0.29, 0.717) is 12.2 Å². The van der Waals surface area contributed by atoms with Crippen molar-refractivity contribution >= 4 is 0 Å². The topological polar surface area (TPSA) is 24.6 Å². The second kappa shape index (κ2) is 1.32. The Kier molecular flexibility index (Phi) is 0.691. The molecule has 0 aromatic rings. The highest BCUT2D eigenvalue weighted by atomic mass is 16.6. The smallest absolute Gasteiger partial charge is 0.0994 e. The lowest BCUT2D eigenvalue weighted by atomic mass is 9.91. The van der Waals surface area contributed by atoms with Gasteiger partial charge in [-0.2, -0.15) is 0 Å². The highest BCUT2D eigenvalue weighted by molar-refractivity contribution is 5.05. The molecule has 4 unspecified atom stereocenters. The summed E-state index contributed by atoms with van der Waals surface area (Å²) in [5.74, 6) is 0.943. The molecule has 2 saturated heterocycles. The Morgan fingerprint density at radius 3 is 3.33 bits per heavy atom. The molecule has 1 saturated carbocycles. The van der Waals surface area contributed by atoms with E-state index >= 15 is 0 Å². The second-order valence-electron chi connectivity index (χ2n) is 3.49. The summed E-state index contributed by atoms with van der Waals surface area (Å²) < 4.78 is 5.45. The van der Waals surface area contributed by atoms with Gasteiger partial charge in [0.15, 0.2) is 0 Å². The summed E-state index contributed by atoms with van der Waals surface area (Å²) in [5.41, 5.74) is 0. The molecule has 1 N–H and O–H groups in total. The van der Waals surface area contributed by atoms with E-state index in [1.165, 1.54) is 19.4 Å². The van der Waals surface area contributed by atoms with Crippen LogP contribution in [0.2, 0.25) is 0 Å². The van der Waals surface area contributed by atoms with Gasteiger partial charge in [-0.1, -0.05) is 0 Å². The molecular formula is C7H11NO. The summed E-state index contributed by atoms with van der Waals surface area (Å²) in [6.45, 7) is 1.25. The number of rotatable bonds is 0. The molecule has 2 bridgehead atoms. The summed E-state index contributed by atoms with van der Waals surface area (Å²) in [4.78, 5) is 0. The van der Waals surface area contributed by atoms with Gasteiger partial charge in [-0.3, -0.25) is 0 Å². The molecule has 0 radical (unpaired) electrons. The Balaban J connectivity index is 1.90. The van der Waals surface area contributed by atoms with Crippen molar-refractivity contribution in [3.63, 3.8) is 0 Å². The molecule has 50 valence electrons. The van der Waals surface area contributed by atoms with Crippen LogP contribution in [0.25, 0.3) is 0 Å². The van der Waals surface area contributed by atoms with E-state index in [0.717, 1.165) is 12.0 Å². The summed E-state index contributed by atoms with van der Waals surface area (Å²) in [6, 6.07) is 0.730. The zero-order valence-electron chi connectivity index (χ0n) is 5.34. The predicted octanol–water partition coefficient (Wildman–Crippen LogP) is 0.136. The molecule has 2 heterocycles. The Hall–Kier alpha value is -0.0800. The zero-order valence-corrected chi connectivity index (χ0v) is 5.34. The minimum absolute atomic E-state index is 0.615. The van der Waals surface area contributed by atoms with Gasteiger partial charge in [-0.25, -0.2) is 0 Å². The van der Waals surface area contributed by atoms with Crippen LogP contribution in [0, 0.1) is 5.92 Å². The first-order valence-corrected chi connectivity index (χ1v) is 3.82. The molecule has 3 fully saturated rings. The monoisotopic (exact) mass is 125 g/mol. The first kappa shape index (κ1) is 4.69. The summed E-state index contributed by atoms with van der Waals surface area (Å²) >= 11 is 0. The van der Waals surface area contributed by atoms with Crippen LogP contribution in [-0.4, -0.2) is 24.8 Å². The van der Waals surface area contributed by atoms with Crippen LogP contribution in [0.5, 0.6) is 0 Å². The van der Waals surface area contributed by atoms with E-state index in [4.69, 9.17) is 4.74 Å². The Morgan fingerprint density at radius 1 is 1.33 bits per heavy atom. The van der Waals surface area contributed by atoms with Crippen molar-refractivity contribution in [3.05, 3.63) is 0 Å². The number of ether oxygens (including phenoxy) is 1. The largest absolute Gasteiger partial charge is 0.368 e. The average Bonchev–Trinajstić information content (AvgIpc) is 2.50. The molecule has 9 heavy (non-hydrogen) atoms. The van der Waals surface area contributed by atoms with E-state index in [-0.39, 0.29) is 0 Å². The van der Waals surface area contributed by atoms with Crippen LogP contribution < -0.4 is 5.32 Å². The molecule has 3 rings (SSSR count). The molecule has 0 aromatic carbocycles. The van der Waals surface area contributed by atoms with Gasteiger partial charge in [-0.15, -0.1) is 0 Å². The Morgan fingerprint density at radius 2 is 2.33 bits per heavy atom. The molecular weight excluding hydrogens is 114 g/mol. The highest BCUT2D eigenvalue weighted by Crippen LogP contribution is 2.42. The van der Waals surface area contributed by atoms with Crippen LogP contribution in [0.1, 0.15) is 12.8 Å². The summed E-state index contributed by atoms with van der Waals surface area (Å²) in [5, 5.41) is 3.48. The van der Waals surface area contributed by atoms with Crippen LogP contribution in [0.3, 0.4) is 0 Å². The Bertz CT molecular complexity index is 146. The number of fused-ring (bicyclic) bond motifs is 4. The lowest BCUT2D eigenvalue weighted by molar-refractivity contribution is 0.337. The van der Waals surface area contributed by atoms with Crippen molar-refractivity contribution < 1.29 is 4.74 Å². The van der Waals surface area contributed by atoms with E-state index in [1.807, 2.05) is 0 Å². The van der Waals surface area contributed by atoms with Crippen LogP contribution in [0.15, 0.2) is 0 Å². The highest BCUT2D eigenvalue weighted by Gasteiger charge is 2.52. The maximum absolute atomic E-state index is 5.45. The molecule has 0 amide bonds. The number of hydrogen-bond acceptors (Lipinski definition) is 2. The second-order valence-corrected chi connectivity index (χ2v) is 3.49. The minimum Gasteiger partial charge on any atom is -0.368 e. The van der Waals surface area contributed by atoms with Crippen LogP contribution in [-0.2, 0) is 4.74 Å². The van der Waals surface area contributed by atoms with Gasteiger partial charge in [0.25, 0.3) is 0 Å². The molecule has 1 aliphatic carbocycles. The van der Waals surface area contributed by atoms with Gasteiger partial charge < -0.3 is 10.1 Å². The van der Waals surface area contributed by atoms with Crippen molar-refractivity contribution in [2.75, 3.05) is 6.54 Å². The number of nitrogens with one attached hydrogen (secondary N) is 1. The zero-order chi connectivity index (χ0) is 5.84. The van der Waals surface area contributed by atoms with Crippen molar-refractivity contribution in [1.29, 1.82) is 0 Å². The minimum atomic E-state index is 0.615. The molecule has 0 spiro atoms. The molecule has 2 nitrogen and oxygen atoms in total. The average molecular weight is 125 g/mol. The third-order valence-corrected chi connectivity index (χ3v) is 2.84. The first-order chi connectivity index (χ1) is 4.43. The fraction of sp³-hybridized carbons (Fsp3) is 1.00.